The molecular weight excluding hydrogens is 209 g/mol. The fourth-order valence-corrected chi connectivity index (χ4v) is 1.19. The van der Waals surface area contributed by atoms with Gasteiger partial charge >= 0.3 is 0 Å². The summed E-state index contributed by atoms with van der Waals surface area (Å²) in [6.07, 6.45) is 0.0536. The van der Waals surface area contributed by atoms with Gasteiger partial charge in [-0.3, -0.25) is 4.79 Å². The maximum Gasteiger partial charge on any atom is 0.167 e. The van der Waals surface area contributed by atoms with Crippen molar-refractivity contribution in [3.63, 3.8) is 0 Å². The lowest BCUT2D eigenvalue weighted by Gasteiger charge is -2.04. The van der Waals surface area contributed by atoms with Gasteiger partial charge in [0, 0.05) is 6.42 Å². The van der Waals surface area contributed by atoms with Crippen LogP contribution in [0.25, 0.3) is 0 Å². The summed E-state index contributed by atoms with van der Waals surface area (Å²) in [5.41, 5.74) is 5.02. The molecule has 5 heteroatoms. The van der Waals surface area contributed by atoms with Gasteiger partial charge in [0.05, 0.1) is 5.56 Å². The molecule has 1 aromatic rings. The number of phenols is 1. The van der Waals surface area contributed by atoms with Gasteiger partial charge in [-0.2, -0.15) is 0 Å². The Hall–Kier alpha value is -1.13. The largest absolute Gasteiger partial charge is 0.506 e. The Labute approximate surface area is 85.3 Å². The zero-order valence-corrected chi connectivity index (χ0v) is 8.01. The third-order valence-electron chi connectivity index (χ3n) is 1.73. The molecule has 0 aliphatic heterocycles. The van der Waals surface area contributed by atoms with Crippen molar-refractivity contribution in [3.8, 4) is 5.75 Å². The molecule has 0 amide bonds. The highest BCUT2D eigenvalue weighted by molar-refractivity contribution is 6.32. The lowest BCUT2D eigenvalue weighted by molar-refractivity contribution is 0.0981. The van der Waals surface area contributed by atoms with Crippen LogP contribution in [0.3, 0.4) is 0 Å². The van der Waals surface area contributed by atoms with E-state index in [1.807, 2.05) is 0 Å². The Balaban J connectivity index is 3.11. The molecule has 0 saturated carbocycles. The monoisotopic (exact) mass is 217 g/mol. The van der Waals surface area contributed by atoms with E-state index in [1.54, 1.807) is 0 Å². The summed E-state index contributed by atoms with van der Waals surface area (Å²) in [6, 6.07) is 2.36. The number of hydrogen-bond donors (Lipinski definition) is 2. The molecule has 76 valence electrons. The van der Waals surface area contributed by atoms with Crippen LogP contribution in [0.4, 0.5) is 4.39 Å². The summed E-state index contributed by atoms with van der Waals surface area (Å²) in [5, 5.41) is 8.59. The van der Waals surface area contributed by atoms with Gasteiger partial charge in [-0.05, 0) is 18.7 Å². The Bertz CT molecular complexity index is 368. The van der Waals surface area contributed by atoms with Crippen molar-refractivity contribution in [3.05, 3.63) is 28.5 Å². The minimum absolute atomic E-state index is 0.0536. The fourth-order valence-electron chi connectivity index (χ4n) is 1.02. The molecule has 0 saturated heterocycles. The molecule has 0 spiro atoms. The van der Waals surface area contributed by atoms with E-state index in [-0.39, 0.29) is 24.3 Å². The van der Waals surface area contributed by atoms with Crippen LogP contribution in [-0.2, 0) is 0 Å². The second-order valence-electron chi connectivity index (χ2n) is 2.72. The van der Waals surface area contributed by atoms with E-state index in [0.717, 1.165) is 0 Å². The lowest BCUT2D eigenvalue weighted by atomic mass is 10.1. The summed E-state index contributed by atoms with van der Waals surface area (Å²) in [7, 11) is 0. The quantitative estimate of drug-likeness (QED) is 0.758. The van der Waals surface area contributed by atoms with E-state index in [0.29, 0.717) is 0 Å². The van der Waals surface area contributed by atoms with Crippen LogP contribution in [0, 0.1) is 5.82 Å². The Morgan fingerprint density at radius 2 is 2.21 bits per heavy atom. The smallest absolute Gasteiger partial charge is 0.167 e. The van der Waals surface area contributed by atoms with Gasteiger partial charge in [0.15, 0.2) is 11.6 Å². The van der Waals surface area contributed by atoms with E-state index in [9.17, 15) is 9.18 Å². The van der Waals surface area contributed by atoms with E-state index >= 15 is 0 Å². The van der Waals surface area contributed by atoms with Crippen molar-refractivity contribution in [2.75, 3.05) is 6.54 Å². The number of rotatable bonds is 3. The first-order chi connectivity index (χ1) is 6.57. The van der Waals surface area contributed by atoms with Crippen LogP contribution in [-0.4, -0.2) is 17.4 Å². The first kappa shape index (κ1) is 10.9. The zero-order valence-electron chi connectivity index (χ0n) is 7.26. The minimum atomic E-state index is -0.898. The molecule has 0 unspecified atom stereocenters. The molecule has 14 heavy (non-hydrogen) atoms. The van der Waals surface area contributed by atoms with Gasteiger partial charge in [0.25, 0.3) is 0 Å². The molecule has 1 rings (SSSR count). The Morgan fingerprint density at radius 3 is 2.79 bits per heavy atom. The predicted octanol–water partition coefficient (Wildman–Crippen LogP) is 1.72. The number of ketones is 1. The molecule has 3 N–H and O–H groups in total. The van der Waals surface area contributed by atoms with Crippen molar-refractivity contribution in [1.82, 2.24) is 0 Å². The molecule has 0 heterocycles. The second kappa shape index (κ2) is 4.39. The number of halogens is 2. The summed E-state index contributed by atoms with van der Waals surface area (Å²) < 4.78 is 13.3. The topological polar surface area (TPSA) is 63.3 Å². The Kier molecular flexibility index (Phi) is 3.43. The van der Waals surface area contributed by atoms with E-state index < -0.39 is 16.6 Å². The minimum Gasteiger partial charge on any atom is -0.506 e. The normalized spacial score (nSPS) is 10.2. The summed E-state index contributed by atoms with van der Waals surface area (Å²) in [5.74, 6) is -1.70. The molecule has 1 aromatic carbocycles. The molecule has 0 bridgehead atoms. The lowest BCUT2D eigenvalue weighted by Crippen LogP contribution is -2.09. The number of carbonyl (C=O) groups is 1. The van der Waals surface area contributed by atoms with Crippen molar-refractivity contribution < 1.29 is 14.3 Å². The number of carbonyl (C=O) groups excluding carboxylic acids is 1. The molecule has 0 atom stereocenters. The van der Waals surface area contributed by atoms with Gasteiger partial charge in [0.2, 0.25) is 0 Å². The molecule has 3 nitrogen and oxygen atoms in total. The number of hydrogen-bond acceptors (Lipinski definition) is 3. The summed E-state index contributed by atoms with van der Waals surface area (Å²) >= 11 is 5.42. The maximum atomic E-state index is 13.3. The molecule has 0 aliphatic carbocycles. The van der Waals surface area contributed by atoms with E-state index in [1.165, 1.54) is 12.1 Å². The average Bonchev–Trinajstić information content (AvgIpc) is 2.15. The first-order valence-corrected chi connectivity index (χ1v) is 4.36. The zero-order chi connectivity index (χ0) is 10.7. The molecule has 0 aliphatic rings. The van der Waals surface area contributed by atoms with Gasteiger partial charge in [-0.1, -0.05) is 11.6 Å². The van der Waals surface area contributed by atoms with Crippen molar-refractivity contribution in [1.29, 1.82) is 0 Å². The maximum absolute atomic E-state index is 13.3. The predicted molar refractivity (Wildman–Crippen MR) is 51.1 cm³/mol. The second-order valence-corrected chi connectivity index (χ2v) is 3.10. The van der Waals surface area contributed by atoms with Gasteiger partial charge in [-0.25, -0.2) is 4.39 Å². The SMILES string of the molecule is NCCC(=O)c1ccc(O)c(Cl)c1F. The average molecular weight is 218 g/mol. The van der Waals surface area contributed by atoms with E-state index in [4.69, 9.17) is 22.4 Å². The van der Waals surface area contributed by atoms with Crippen molar-refractivity contribution in [2.24, 2.45) is 5.73 Å². The van der Waals surface area contributed by atoms with Crippen LogP contribution in [0.5, 0.6) is 5.75 Å². The number of phenolic OH excluding ortho intramolecular Hbond substituents is 1. The molecular formula is C9H9ClFNO2. The van der Waals surface area contributed by atoms with Crippen LogP contribution in [0.2, 0.25) is 5.02 Å². The molecule has 0 fully saturated rings. The van der Waals surface area contributed by atoms with Crippen LogP contribution in [0.1, 0.15) is 16.8 Å². The van der Waals surface area contributed by atoms with Gasteiger partial charge in [-0.15, -0.1) is 0 Å². The van der Waals surface area contributed by atoms with Crippen LogP contribution >= 0.6 is 11.6 Å². The molecule has 0 radical (unpaired) electrons. The van der Waals surface area contributed by atoms with Crippen molar-refractivity contribution in [2.45, 2.75) is 6.42 Å². The van der Waals surface area contributed by atoms with E-state index in [2.05, 4.69) is 0 Å². The van der Waals surface area contributed by atoms with Crippen molar-refractivity contribution >= 4 is 17.4 Å². The number of benzene rings is 1. The highest BCUT2D eigenvalue weighted by Gasteiger charge is 2.16. The Morgan fingerprint density at radius 1 is 1.57 bits per heavy atom. The van der Waals surface area contributed by atoms with Crippen LogP contribution in [0.15, 0.2) is 12.1 Å². The first-order valence-electron chi connectivity index (χ1n) is 3.98. The van der Waals surface area contributed by atoms with Crippen LogP contribution < -0.4 is 5.73 Å². The standard InChI is InChI=1S/C9H9ClFNO2/c10-8-7(14)2-1-5(9(8)11)6(13)3-4-12/h1-2,14H,3-4,12H2. The van der Waals surface area contributed by atoms with Gasteiger partial charge in [0.1, 0.15) is 10.8 Å². The highest BCUT2D eigenvalue weighted by atomic mass is 35.5. The molecule has 0 aromatic heterocycles. The third-order valence-corrected chi connectivity index (χ3v) is 2.09. The number of nitrogens with two attached hydrogens (primary N) is 1. The third kappa shape index (κ3) is 2.02. The fraction of sp³-hybridized carbons (Fsp3) is 0.222. The summed E-state index contributed by atoms with van der Waals surface area (Å²) in [4.78, 5) is 11.3. The van der Waals surface area contributed by atoms with Gasteiger partial charge < -0.3 is 10.8 Å². The summed E-state index contributed by atoms with van der Waals surface area (Å²) in [6.45, 7) is 0.150. The highest BCUT2D eigenvalue weighted by Crippen LogP contribution is 2.28. The number of aromatic hydroxyl groups is 1. The number of Topliss-reactive ketones (excluding diaryl/α,β-unsaturated/α-hetero) is 1.